The zero-order valence-electron chi connectivity index (χ0n) is 27.8. The van der Waals surface area contributed by atoms with Crippen LogP contribution in [-0.2, 0) is 21.4 Å². The Kier molecular flexibility index (Phi) is 8.67. The second-order valence-electron chi connectivity index (χ2n) is 14.6. The minimum absolute atomic E-state index is 0.0326. The summed E-state index contributed by atoms with van der Waals surface area (Å²) >= 11 is 0. The van der Waals surface area contributed by atoms with E-state index in [0.717, 1.165) is 53.0 Å². The number of nitrogens with zero attached hydrogens (tertiary/aromatic N) is 3. The Labute approximate surface area is 276 Å². The maximum atomic E-state index is 13.3. The van der Waals surface area contributed by atoms with Crippen molar-refractivity contribution >= 4 is 23.9 Å². The molecule has 2 saturated carbocycles. The van der Waals surface area contributed by atoms with E-state index in [1.807, 2.05) is 12.1 Å². The fraction of sp³-hybridized carbons (Fsp3) is 0.647. The average molecular weight is 653 g/mol. The number of likely N-dealkylation sites (tertiary alicyclic amines) is 1. The Morgan fingerprint density at radius 1 is 1.28 bits per heavy atom. The van der Waals surface area contributed by atoms with Crippen LogP contribution in [0.1, 0.15) is 63.0 Å². The highest BCUT2D eigenvalue weighted by Crippen LogP contribution is 2.67. The maximum absolute atomic E-state index is 13.3. The lowest BCUT2D eigenvalue weighted by molar-refractivity contribution is -0.950. The van der Waals surface area contributed by atoms with Crippen molar-refractivity contribution in [2.24, 2.45) is 22.4 Å². The van der Waals surface area contributed by atoms with Gasteiger partial charge in [-0.25, -0.2) is 4.79 Å². The normalized spacial score (nSPS) is 30.3. The number of benzene rings is 1. The van der Waals surface area contributed by atoms with Gasteiger partial charge < -0.3 is 46.1 Å². The lowest BCUT2D eigenvalue weighted by atomic mass is 9.48. The van der Waals surface area contributed by atoms with Crippen LogP contribution in [0.25, 0.3) is 0 Å². The first-order valence-electron chi connectivity index (χ1n) is 16.9. The molecule has 2 heterocycles. The van der Waals surface area contributed by atoms with Gasteiger partial charge in [-0.1, -0.05) is 12.6 Å². The second-order valence-corrected chi connectivity index (χ2v) is 14.6. The number of nitrogens with two attached hydrogens (primary N) is 2. The van der Waals surface area contributed by atoms with Crippen molar-refractivity contribution in [2.45, 2.75) is 87.5 Å². The largest absolute Gasteiger partial charge is 0.481 e. The summed E-state index contributed by atoms with van der Waals surface area (Å²) in [7, 11) is 3.93. The van der Waals surface area contributed by atoms with Gasteiger partial charge in [-0.15, -0.1) is 0 Å². The number of carbonyl (C=O) groups excluding carboxylic acids is 3. The monoisotopic (exact) mass is 652 g/mol. The molecule has 13 nitrogen and oxygen atoms in total. The lowest BCUT2D eigenvalue weighted by Crippen LogP contribution is -2.80. The summed E-state index contributed by atoms with van der Waals surface area (Å²) in [6, 6.07) is 3.18. The third kappa shape index (κ3) is 5.81. The molecule has 256 valence electrons. The highest BCUT2D eigenvalue weighted by atomic mass is 16.6. The summed E-state index contributed by atoms with van der Waals surface area (Å²) in [6.07, 6.45) is 5.36. The lowest BCUT2D eigenvalue weighted by Gasteiger charge is -2.65. The van der Waals surface area contributed by atoms with Gasteiger partial charge in [0.2, 0.25) is 11.8 Å². The topological polar surface area (TPSA) is 182 Å². The van der Waals surface area contributed by atoms with Gasteiger partial charge in [-0.3, -0.25) is 14.6 Å². The molecule has 1 aromatic carbocycles. The molecule has 0 radical (unpaired) electrons. The predicted octanol–water partition coefficient (Wildman–Crippen LogP) is 1.06. The number of aliphatic hydroxyl groups is 1. The van der Waals surface area contributed by atoms with Crippen LogP contribution in [-0.4, -0.2) is 109 Å². The van der Waals surface area contributed by atoms with Crippen LogP contribution in [0, 0.1) is 5.92 Å². The number of hydrogen-bond donors (Lipinski definition) is 5. The van der Waals surface area contributed by atoms with Gasteiger partial charge >= 0.3 is 6.09 Å². The van der Waals surface area contributed by atoms with E-state index in [1.54, 1.807) is 7.05 Å². The fourth-order valence-corrected chi connectivity index (χ4v) is 8.89. The third-order valence-electron chi connectivity index (χ3n) is 11.3. The summed E-state index contributed by atoms with van der Waals surface area (Å²) in [5, 5.41) is 18.2. The quantitative estimate of drug-likeness (QED) is 0.0731. The number of aliphatic imine (C=N–C) groups is 1. The predicted molar refractivity (Wildman–Crippen MR) is 176 cm³/mol. The molecular formula is C34H50N7O6+. The van der Waals surface area contributed by atoms with Crippen molar-refractivity contribution in [2.75, 3.05) is 46.8 Å². The summed E-state index contributed by atoms with van der Waals surface area (Å²) in [5.41, 5.74) is 12.3. The van der Waals surface area contributed by atoms with Gasteiger partial charge in [-0.2, -0.15) is 0 Å². The summed E-state index contributed by atoms with van der Waals surface area (Å²) < 4.78 is 13.5. The molecule has 3 amide bonds. The Balaban J connectivity index is 1.14. The van der Waals surface area contributed by atoms with E-state index in [2.05, 4.69) is 29.3 Å². The van der Waals surface area contributed by atoms with Crippen molar-refractivity contribution in [1.82, 2.24) is 15.5 Å². The van der Waals surface area contributed by atoms with E-state index in [4.69, 9.17) is 20.9 Å². The number of rotatable bonds is 12. The van der Waals surface area contributed by atoms with Crippen LogP contribution in [0.5, 0.6) is 11.5 Å². The Morgan fingerprint density at radius 2 is 2.04 bits per heavy atom. The van der Waals surface area contributed by atoms with Crippen LogP contribution in [0.2, 0.25) is 0 Å². The van der Waals surface area contributed by atoms with Gasteiger partial charge in [0.15, 0.2) is 17.5 Å². The standard InChI is InChI=1S/C34H49N7O6/c1-20-11-12-34(45)26-18-23-9-10-25(28-27(23)33(34,29(20)47-28)13-17-41(26,4)19-22-7-8-22)46-32(44)40(3)16-15-37-30(43)24(39-21(2)42)6-5-14-38-31(35)36/h9-10,22,24,26,29,45H,1,5-8,11-19H2,2-4H3,(H5-,35,36,37,38,39,42,43)/p+1/t24-,26+,29-,33-,34+,41?/m0/s1. The van der Waals surface area contributed by atoms with E-state index in [1.165, 1.54) is 24.7 Å². The molecule has 1 aromatic rings. The Bertz CT molecular complexity index is 1490. The smallest absolute Gasteiger partial charge is 0.415 e. The minimum Gasteiger partial charge on any atom is -0.481 e. The number of likely N-dealkylation sites (N-methyl/N-ethyl adjacent to an activating group) is 2. The molecule has 1 saturated heterocycles. The minimum atomic E-state index is -0.934. The van der Waals surface area contributed by atoms with Crippen molar-refractivity contribution in [3.05, 3.63) is 35.4 Å². The second kappa shape index (κ2) is 12.3. The van der Waals surface area contributed by atoms with Crippen LogP contribution < -0.4 is 31.6 Å². The van der Waals surface area contributed by atoms with Crippen LogP contribution in [0.4, 0.5) is 4.79 Å². The van der Waals surface area contributed by atoms with Gasteiger partial charge in [-0.05, 0) is 55.7 Å². The zero-order valence-corrected chi connectivity index (χ0v) is 27.8. The summed E-state index contributed by atoms with van der Waals surface area (Å²) in [5.74, 6) is 0.889. The van der Waals surface area contributed by atoms with E-state index in [9.17, 15) is 19.5 Å². The molecule has 1 unspecified atom stereocenters. The molecule has 3 fully saturated rings. The molecule has 2 bridgehead atoms. The van der Waals surface area contributed by atoms with Gasteiger partial charge in [0.25, 0.3) is 0 Å². The molecule has 47 heavy (non-hydrogen) atoms. The fourth-order valence-electron chi connectivity index (χ4n) is 8.89. The first kappa shape index (κ1) is 33.1. The SMILES string of the molecule is C=C1CC[C@@]2(O)[C@H]3Cc4ccc(OC(=O)N(C)CCNC(=O)[C@H](CCCN=C(N)N)NC(C)=O)c5c4[C@@]2(CC[N+]3(C)CC2CC2)[C@H]1O5. The van der Waals surface area contributed by atoms with E-state index >= 15 is 0 Å². The number of amides is 3. The summed E-state index contributed by atoms with van der Waals surface area (Å²) in [6.45, 7) is 8.47. The van der Waals surface area contributed by atoms with E-state index in [-0.39, 0.29) is 43.0 Å². The average Bonchev–Trinajstić information content (AvgIpc) is 3.74. The molecule has 0 aromatic heterocycles. The van der Waals surface area contributed by atoms with Gasteiger partial charge in [0.1, 0.15) is 23.8 Å². The molecular weight excluding hydrogens is 602 g/mol. The van der Waals surface area contributed by atoms with Crippen molar-refractivity contribution < 1.29 is 33.4 Å². The Hall–Kier alpha value is -3.84. The van der Waals surface area contributed by atoms with E-state index in [0.29, 0.717) is 43.7 Å². The third-order valence-corrected chi connectivity index (χ3v) is 11.3. The number of ether oxygens (including phenoxy) is 2. The number of hydrogen-bond acceptors (Lipinski definition) is 7. The number of nitrogens with one attached hydrogen (secondary N) is 2. The molecule has 13 heteroatoms. The number of carbonyl (C=O) groups is 3. The van der Waals surface area contributed by atoms with Gasteiger partial charge in [0.05, 0.1) is 25.6 Å². The maximum Gasteiger partial charge on any atom is 0.415 e. The molecule has 2 aliphatic heterocycles. The van der Waals surface area contributed by atoms with E-state index < -0.39 is 23.2 Å². The summed E-state index contributed by atoms with van der Waals surface area (Å²) in [4.78, 5) is 43.0. The van der Waals surface area contributed by atoms with Crippen LogP contribution in [0.3, 0.4) is 0 Å². The molecule has 6 atom stereocenters. The Morgan fingerprint density at radius 3 is 2.74 bits per heavy atom. The molecule has 1 spiro atoms. The van der Waals surface area contributed by atoms with Gasteiger partial charge in [0, 0.05) is 57.9 Å². The highest BCUT2D eigenvalue weighted by molar-refractivity contribution is 5.86. The van der Waals surface area contributed by atoms with Crippen molar-refractivity contribution in [1.29, 1.82) is 0 Å². The van der Waals surface area contributed by atoms with Crippen molar-refractivity contribution in [3.8, 4) is 11.5 Å². The highest BCUT2D eigenvalue weighted by Gasteiger charge is 2.75. The zero-order chi connectivity index (χ0) is 33.7. The molecule has 7 N–H and O–H groups in total. The van der Waals surface area contributed by atoms with Crippen molar-refractivity contribution in [3.63, 3.8) is 0 Å². The number of piperidine rings is 1. The first-order chi connectivity index (χ1) is 22.3. The van der Waals surface area contributed by atoms with Crippen LogP contribution >= 0.6 is 0 Å². The van der Waals surface area contributed by atoms with Crippen LogP contribution in [0.15, 0.2) is 29.3 Å². The number of guanidine groups is 1. The number of quaternary nitrogens is 1. The first-order valence-corrected chi connectivity index (χ1v) is 16.9. The molecule has 5 aliphatic rings. The molecule has 6 rings (SSSR count). The molecule has 3 aliphatic carbocycles.